The molecule has 1 aliphatic carbocycles. The lowest BCUT2D eigenvalue weighted by Gasteiger charge is -2.22. The lowest BCUT2D eigenvalue weighted by Crippen LogP contribution is -2.20. The number of carbonyl (C=O) groups is 1. The number of aromatic hydroxyl groups is 1. The molecule has 31 heavy (non-hydrogen) atoms. The van der Waals surface area contributed by atoms with Gasteiger partial charge in [0.25, 0.3) is 0 Å². The normalized spacial score (nSPS) is 17.8. The maximum Gasteiger partial charge on any atom is 0.144 e. The number of hydrogen-bond acceptors (Lipinski definition) is 4. The van der Waals surface area contributed by atoms with Gasteiger partial charge in [0.05, 0.1) is 14.2 Å². The SMILES string of the molecule is COc1ccc(OC)c(C2CC(c3ccc(O)cc3)=CC2C(=O)Cc2ccccc2)c1. The molecule has 0 heterocycles. The molecule has 3 aromatic rings. The molecule has 158 valence electrons. The number of methoxy groups -OCH3 is 2. The van der Waals surface area contributed by atoms with Gasteiger partial charge in [-0.3, -0.25) is 4.79 Å². The van der Waals surface area contributed by atoms with Gasteiger partial charge in [0, 0.05) is 23.8 Å². The van der Waals surface area contributed by atoms with Crippen LogP contribution in [0.3, 0.4) is 0 Å². The Balaban J connectivity index is 1.72. The van der Waals surface area contributed by atoms with Gasteiger partial charge in [0.2, 0.25) is 0 Å². The molecule has 0 bridgehead atoms. The van der Waals surface area contributed by atoms with E-state index >= 15 is 0 Å². The summed E-state index contributed by atoms with van der Waals surface area (Å²) in [6.45, 7) is 0. The van der Waals surface area contributed by atoms with E-state index in [4.69, 9.17) is 9.47 Å². The van der Waals surface area contributed by atoms with E-state index in [9.17, 15) is 9.90 Å². The van der Waals surface area contributed by atoms with Crippen LogP contribution in [0.4, 0.5) is 0 Å². The molecule has 1 N–H and O–H groups in total. The number of phenols is 1. The summed E-state index contributed by atoms with van der Waals surface area (Å²) in [5.74, 6) is 1.57. The molecule has 4 rings (SSSR count). The Morgan fingerprint density at radius 3 is 2.39 bits per heavy atom. The second kappa shape index (κ2) is 9.09. The predicted octanol–water partition coefficient (Wildman–Crippen LogP) is 5.41. The molecule has 4 heteroatoms. The van der Waals surface area contributed by atoms with Gasteiger partial charge in [-0.2, -0.15) is 0 Å². The maximum absolute atomic E-state index is 13.4. The van der Waals surface area contributed by atoms with Crippen LogP contribution in [0.15, 0.2) is 78.9 Å². The highest BCUT2D eigenvalue weighted by molar-refractivity contribution is 5.90. The highest BCUT2D eigenvalue weighted by Crippen LogP contribution is 2.47. The van der Waals surface area contributed by atoms with E-state index < -0.39 is 0 Å². The first kappa shape index (κ1) is 20.7. The van der Waals surface area contributed by atoms with E-state index in [1.165, 1.54) is 0 Å². The van der Waals surface area contributed by atoms with Gasteiger partial charge >= 0.3 is 0 Å². The first-order valence-electron chi connectivity index (χ1n) is 10.4. The fourth-order valence-electron chi connectivity index (χ4n) is 4.32. The smallest absolute Gasteiger partial charge is 0.144 e. The second-order valence-corrected chi connectivity index (χ2v) is 7.81. The Labute approximate surface area is 182 Å². The highest BCUT2D eigenvalue weighted by Gasteiger charge is 2.36. The van der Waals surface area contributed by atoms with Crippen molar-refractivity contribution in [3.05, 3.63) is 95.6 Å². The minimum absolute atomic E-state index is 0.0509. The average molecular weight is 415 g/mol. The Hall–Kier alpha value is -3.53. The molecule has 4 nitrogen and oxygen atoms in total. The number of ether oxygens (including phenoxy) is 2. The van der Waals surface area contributed by atoms with Crippen LogP contribution in [0, 0.1) is 5.92 Å². The summed E-state index contributed by atoms with van der Waals surface area (Å²) in [7, 11) is 3.29. The molecule has 0 radical (unpaired) electrons. The molecule has 0 saturated carbocycles. The van der Waals surface area contributed by atoms with Crippen LogP contribution in [0.1, 0.15) is 29.0 Å². The molecule has 0 spiro atoms. The number of phenolic OH excluding ortho intramolecular Hbond substituents is 1. The van der Waals surface area contributed by atoms with Gasteiger partial charge in [-0.15, -0.1) is 0 Å². The van der Waals surface area contributed by atoms with Crippen molar-refractivity contribution in [1.29, 1.82) is 0 Å². The van der Waals surface area contributed by atoms with Crippen LogP contribution in [-0.2, 0) is 11.2 Å². The van der Waals surface area contributed by atoms with Gasteiger partial charge in [0.15, 0.2) is 0 Å². The first-order chi connectivity index (χ1) is 15.1. The number of ketones is 1. The van der Waals surface area contributed by atoms with Crippen molar-refractivity contribution in [2.75, 3.05) is 14.2 Å². The Morgan fingerprint density at radius 1 is 0.968 bits per heavy atom. The minimum atomic E-state index is -0.273. The Kier molecular flexibility index (Phi) is 6.08. The molecule has 3 aromatic carbocycles. The summed E-state index contributed by atoms with van der Waals surface area (Å²) in [5.41, 5.74) is 4.09. The van der Waals surface area contributed by atoms with Crippen LogP contribution in [-0.4, -0.2) is 25.1 Å². The standard InChI is InChI=1S/C27H26O4/c1-30-22-12-13-27(31-2)25(17-22)23-15-20(19-8-10-21(28)11-9-19)16-24(23)26(29)14-18-6-4-3-5-7-18/h3-13,16-17,23-24,28H,14-15H2,1-2H3. The van der Waals surface area contributed by atoms with Crippen molar-refractivity contribution in [2.24, 2.45) is 5.92 Å². The summed E-state index contributed by atoms with van der Waals surface area (Å²) in [4.78, 5) is 13.4. The van der Waals surface area contributed by atoms with Crippen molar-refractivity contribution in [1.82, 2.24) is 0 Å². The zero-order chi connectivity index (χ0) is 21.8. The lowest BCUT2D eigenvalue weighted by molar-refractivity contribution is -0.121. The molecule has 0 aliphatic heterocycles. The molecular weight excluding hydrogens is 388 g/mol. The first-order valence-corrected chi connectivity index (χ1v) is 10.4. The molecule has 2 atom stereocenters. The molecular formula is C27H26O4. The predicted molar refractivity (Wildman–Crippen MR) is 122 cm³/mol. The molecule has 1 aliphatic rings. The molecule has 0 saturated heterocycles. The van der Waals surface area contributed by atoms with Gasteiger partial charge in [-0.05, 0) is 53.5 Å². The van der Waals surface area contributed by atoms with Crippen molar-refractivity contribution in [3.8, 4) is 17.2 Å². The quantitative estimate of drug-likeness (QED) is 0.562. The Morgan fingerprint density at radius 2 is 1.71 bits per heavy atom. The van der Waals surface area contributed by atoms with Crippen molar-refractivity contribution in [3.63, 3.8) is 0 Å². The van der Waals surface area contributed by atoms with Gasteiger partial charge in [-0.1, -0.05) is 48.5 Å². The van der Waals surface area contributed by atoms with E-state index in [0.717, 1.165) is 33.8 Å². The molecule has 0 amide bonds. The highest BCUT2D eigenvalue weighted by atomic mass is 16.5. The summed E-state index contributed by atoms with van der Waals surface area (Å²) in [6, 6.07) is 22.7. The Bertz CT molecular complexity index is 1080. The van der Waals surface area contributed by atoms with Gasteiger partial charge in [-0.25, -0.2) is 0 Å². The van der Waals surface area contributed by atoms with Gasteiger partial charge in [0.1, 0.15) is 23.0 Å². The van der Waals surface area contributed by atoms with E-state index in [-0.39, 0.29) is 23.4 Å². The lowest BCUT2D eigenvalue weighted by atomic mass is 9.83. The van der Waals surface area contributed by atoms with E-state index in [0.29, 0.717) is 12.8 Å². The summed E-state index contributed by atoms with van der Waals surface area (Å²) in [6.07, 6.45) is 3.17. The van der Waals surface area contributed by atoms with Crippen LogP contribution in [0.2, 0.25) is 0 Å². The molecule has 0 aromatic heterocycles. The van der Waals surface area contributed by atoms with Crippen LogP contribution < -0.4 is 9.47 Å². The van der Waals surface area contributed by atoms with Crippen molar-refractivity contribution in [2.45, 2.75) is 18.8 Å². The third kappa shape index (κ3) is 4.48. The van der Waals surface area contributed by atoms with E-state index in [2.05, 4.69) is 6.08 Å². The average Bonchev–Trinajstić information content (AvgIpc) is 3.25. The van der Waals surface area contributed by atoms with E-state index in [1.54, 1.807) is 26.4 Å². The molecule has 2 unspecified atom stereocenters. The second-order valence-electron chi connectivity index (χ2n) is 7.81. The molecule has 0 fully saturated rings. The largest absolute Gasteiger partial charge is 0.508 e. The fourth-order valence-corrected chi connectivity index (χ4v) is 4.32. The third-order valence-electron chi connectivity index (χ3n) is 5.92. The maximum atomic E-state index is 13.4. The number of rotatable bonds is 7. The monoisotopic (exact) mass is 414 g/mol. The number of benzene rings is 3. The van der Waals surface area contributed by atoms with Crippen molar-refractivity contribution >= 4 is 11.4 Å². The third-order valence-corrected chi connectivity index (χ3v) is 5.92. The van der Waals surface area contributed by atoms with Crippen LogP contribution >= 0.6 is 0 Å². The zero-order valence-corrected chi connectivity index (χ0v) is 17.7. The van der Waals surface area contributed by atoms with Crippen LogP contribution in [0.25, 0.3) is 5.57 Å². The number of Topliss-reactive ketones (excluding diaryl/α,β-unsaturated/α-hetero) is 1. The van der Waals surface area contributed by atoms with Crippen molar-refractivity contribution < 1.29 is 19.4 Å². The summed E-state index contributed by atoms with van der Waals surface area (Å²) >= 11 is 0. The van der Waals surface area contributed by atoms with Crippen LogP contribution in [0.5, 0.6) is 17.2 Å². The zero-order valence-electron chi connectivity index (χ0n) is 17.7. The number of allylic oxidation sites excluding steroid dienone is 2. The minimum Gasteiger partial charge on any atom is -0.508 e. The number of hydrogen-bond donors (Lipinski definition) is 1. The number of carbonyl (C=O) groups excluding carboxylic acids is 1. The summed E-state index contributed by atoms with van der Waals surface area (Å²) < 4.78 is 11.1. The van der Waals surface area contributed by atoms with Gasteiger partial charge < -0.3 is 14.6 Å². The fraction of sp³-hybridized carbons (Fsp3) is 0.222. The van der Waals surface area contributed by atoms with E-state index in [1.807, 2.05) is 60.7 Å². The topological polar surface area (TPSA) is 55.8 Å². The summed E-state index contributed by atoms with van der Waals surface area (Å²) in [5, 5.41) is 9.66.